The quantitative estimate of drug-likeness (QED) is 0.823. The molecule has 0 bridgehead atoms. The molecule has 0 saturated carbocycles. The third kappa shape index (κ3) is 3.16. The Balaban J connectivity index is 2.66. The van der Waals surface area contributed by atoms with Gasteiger partial charge in [-0.1, -0.05) is 0 Å². The van der Waals surface area contributed by atoms with Gasteiger partial charge in [0.25, 0.3) is 0 Å². The lowest BCUT2D eigenvalue weighted by atomic mass is 10.2. The highest BCUT2D eigenvalue weighted by molar-refractivity contribution is 7.92. The summed E-state index contributed by atoms with van der Waals surface area (Å²) in [5, 5.41) is 2.96. The molecule has 0 unspecified atom stereocenters. The van der Waals surface area contributed by atoms with Crippen LogP contribution in [-0.4, -0.2) is 35.9 Å². The van der Waals surface area contributed by atoms with E-state index in [1.165, 1.54) is 12.6 Å². The zero-order valence-corrected chi connectivity index (χ0v) is 9.87. The fourth-order valence-corrected chi connectivity index (χ4v) is 1.16. The summed E-state index contributed by atoms with van der Waals surface area (Å²) in [5.74, 6) is 0.627. The molecule has 0 aromatic carbocycles. The van der Waals surface area contributed by atoms with E-state index in [-0.39, 0.29) is 0 Å². The topological polar surface area (TPSA) is 72.0 Å². The van der Waals surface area contributed by atoms with Crippen LogP contribution in [-0.2, 0) is 9.84 Å². The van der Waals surface area contributed by atoms with Crippen molar-refractivity contribution in [2.45, 2.75) is 18.6 Å². The molecule has 1 rings (SSSR count). The van der Waals surface area contributed by atoms with Crippen molar-refractivity contribution < 1.29 is 8.42 Å². The number of nitrogens with one attached hydrogen (secondary N) is 1. The SMILES string of the molecule is CC(C)(CNc1ccncn1)S(C)(=O)=O. The van der Waals surface area contributed by atoms with Gasteiger partial charge in [-0.25, -0.2) is 18.4 Å². The van der Waals surface area contributed by atoms with E-state index in [1.807, 2.05) is 0 Å². The summed E-state index contributed by atoms with van der Waals surface area (Å²) in [6.07, 6.45) is 4.24. The number of hydrogen-bond donors (Lipinski definition) is 1. The van der Waals surface area contributed by atoms with Crippen LogP contribution in [0.1, 0.15) is 13.8 Å². The van der Waals surface area contributed by atoms with Crippen LogP contribution in [0.3, 0.4) is 0 Å². The van der Waals surface area contributed by atoms with E-state index in [9.17, 15) is 8.42 Å². The molecule has 0 radical (unpaired) electrons. The highest BCUT2D eigenvalue weighted by Crippen LogP contribution is 2.15. The number of anilines is 1. The van der Waals surface area contributed by atoms with Gasteiger partial charge in [0.1, 0.15) is 12.1 Å². The Kier molecular flexibility index (Phi) is 3.28. The van der Waals surface area contributed by atoms with Crippen molar-refractivity contribution in [1.29, 1.82) is 0 Å². The lowest BCUT2D eigenvalue weighted by Crippen LogP contribution is -2.38. The van der Waals surface area contributed by atoms with Gasteiger partial charge in [-0.3, -0.25) is 0 Å². The van der Waals surface area contributed by atoms with Crippen molar-refractivity contribution in [3.8, 4) is 0 Å². The molecular formula is C9H15N3O2S. The molecule has 0 saturated heterocycles. The maximum atomic E-state index is 11.4. The molecule has 0 spiro atoms. The molecular weight excluding hydrogens is 214 g/mol. The lowest BCUT2D eigenvalue weighted by molar-refractivity contribution is 0.559. The Morgan fingerprint density at radius 2 is 2.13 bits per heavy atom. The van der Waals surface area contributed by atoms with Gasteiger partial charge in [-0.05, 0) is 19.9 Å². The Morgan fingerprint density at radius 1 is 1.47 bits per heavy atom. The molecule has 5 nitrogen and oxygen atoms in total. The predicted molar refractivity (Wildman–Crippen MR) is 59.4 cm³/mol. The number of hydrogen-bond acceptors (Lipinski definition) is 5. The maximum Gasteiger partial charge on any atom is 0.154 e. The summed E-state index contributed by atoms with van der Waals surface area (Å²) in [7, 11) is -3.08. The molecule has 1 heterocycles. The molecule has 1 aromatic heterocycles. The van der Waals surface area contributed by atoms with E-state index in [2.05, 4.69) is 15.3 Å². The smallest absolute Gasteiger partial charge is 0.154 e. The van der Waals surface area contributed by atoms with Crippen molar-refractivity contribution in [2.75, 3.05) is 18.1 Å². The lowest BCUT2D eigenvalue weighted by Gasteiger charge is -2.22. The van der Waals surface area contributed by atoms with Crippen LogP contribution in [0, 0.1) is 0 Å². The van der Waals surface area contributed by atoms with Crippen LogP contribution in [0.2, 0.25) is 0 Å². The highest BCUT2D eigenvalue weighted by atomic mass is 32.2. The minimum Gasteiger partial charge on any atom is -0.368 e. The molecule has 1 aromatic rings. The molecule has 84 valence electrons. The first kappa shape index (κ1) is 11.9. The van der Waals surface area contributed by atoms with Crippen molar-refractivity contribution >= 4 is 15.7 Å². The monoisotopic (exact) mass is 229 g/mol. The van der Waals surface area contributed by atoms with E-state index in [1.54, 1.807) is 26.1 Å². The molecule has 0 aliphatic heterocycles. The molecule has 0 amide bonds. The third-order valence-electron chi connectivity index (χ3n) is 2.28. The third-order valence-corrected chi connectivity index (χ3v) is 4.43. The van der Waals surface area contributed by atoms with E-state index < -0.39 is 14.6 Å². The van der Waals surface area contributed by atoms with Crippen LogP contribution in [0.5, 0.6) is 0 Å². The Hall–Kier alpha value is -1.17. The summed E-state index contributed by atoms with van der Waals surface area (Å²) in [6, 6.07) is 1.69. The van der Waals surface area contributed by atoms with Crippen LogP contribution >= 0.6 is 0 Å². The van der Waals surface area contributed by atoms with Crippen molar-refractivity contribution in [3.63, 3.8) is 0 Å². The van der Waals surface area contributed by atoms with Crippen molar-refractivity contribution in [1.82, 2.24) is 9.97 Å². The Bertz CT molecular complexity index is 414. The summed E-state index contributed by atoms with van der Waals surface area (Å²) >= 11 is 0. The van der Waals surface area contributed by atoms with E-state index in [0.29, 0.717) is 12.4 Å². The van der Waals surface area contributed by atoms with Gasteiger partial charge >= 0.3 is 0 Å². The highest BCUT2D eigenvalue weighted by Gasteiger charge is 2.29. The molecule has 6 heteroatoms. The Morgan fingerprint density at radius 3 is 2.60 bits per heavy atom. The van der Waals surface area contributed by atoms with E-state index in [0.717, 1.165) is 0 Å². The normalized spacial score (nSPS) is 12.5. The maximum absolute atomic E-state index is 11.4. The van der Waals surface area contributed by atoms with Crippen molar-refractivity contribution in [2.24, 2.45) is 0 Å². The standard InChI is InChI=1S/C9H15N3O2S/c1-9(2,15(3,13)14)6-11-8-4-5-10-7-12-8/h4-5,7H,6H2,1-3H3,(H,10,11,12). The number of sulfone groups is 1. The first-order valence-corrected chi connectivity index (χ1v) is 6.41. The number of nitrogens with zero attached hydrogens (tertiary/aromatic N) is 2. The molecule has 0 atom stereocenters. The molecule has 15 heavy (non-hydrogen) atoms. The largest absolute Gasteiger partial charge is 0.368 e. The molecule has 1 N–H and O–H groups in total. The second-order valence-corrected chi connectivity index (χ2v) is 6.63. The van der Waals surface area contributed by atoms with Gasteiger partial charge in [0.05, 0.1) is 4.75 Å². The minimum atomic E-state index is -3.08. The van der Waals surface area contributed by atoms with Gasteiger partial charge in [0.2, 0.25) is 0 Å². The minimum absolute atomic E-state index is 0.322. The van der Waals surface area contributed by atoms with Crippen LogP contribution < -0.4 is 5.32 Å². The second-order valence-electron chi connectivity index (χ2n) is 3.98. The predicted octanol–water partition coefficient (Wildman–Crippen LogP) is 0.712. The number of aromatic nitrogens is 2. The Labute approximate surface area is 89.9 Å². The zero-order valence-electron chi connectivity index (χ0n) is 9.06. The average molecular weight is 229 g/mol. The van der Waals surface area contributed by atoms with Crippen molar-refractivity contribution in [3.05, 3.63) is 18.6 Å². The van der Waals surface area contributed by atoms with Gasteiger partial charge in [-0.2, -0.15) is 0 Å². The number of rotatable bonds is 4. The summed E-state index contributed by atoms with van der Waals surface area (Å²) in [4.78, 5) is 7.72. The fraction of sp³-hybridized carbons (Fsp3) is 0.556. The van der Waals surface area contributed by atoms with E-state index in [4.69, 9.17) is 0 Å². The zero-order chi connectivity index (χ0) is 11.5. The molecule has 0 aliphatic carbocycles. The first-order chi connectivity index (χ1) is 6.83. The van der Waals surface area contributed by atoms with Crippen LogP contribution in [0.15, 0.2) is 18.6 Å². The van der Waals surface area contributed by atoms with Crippen LogP contribution in [0.4, 0.5) is 5.82 Å². The van der Waals surface area contributed by atoms with E-state index >= 15 is 0 Å². The summed E-state index contributed by atoms with van der Waals surface area (Å²) in [5.41, 5.74) is 0. The first-order valence-electron chi connectivity index (χ1n) is 4.52. The van der Waals surface area contributed by atoms with Gasteiger partial charge in [0.15, 0.2) is 9.84 Å². The summed E-state index contributed by atoms with van der Waals surface area (Å²) < 4.78 is 22.0. The molecule has 0 fully saturated rings. The van der Waals surface area contributed by atoms with Gasteiger partial charge < -0.3 is 5.32 Å². The average Bonchev–Trinajstić information content (AvgIpc) is 2.15. The van der Waals surface area contributed by atoms with Crippen LogP contribution in [0.25, 0.3) is 0 Å². The summed E-state index contributed by atoms with van der Waals surface area (Å²) in [6.45, 7) is 3.68. The second kappa shape index (κ2) is 4.14. The van der Waals surface area contributed by atoms with Gasteiger partial charge in [-0.15, -0.1) is 0 Å². The van der Waals surface area contributed by atoms with Gasteiger partial charge in [0, 0.05) is 19.0 Å². The fourth-order valence-electron chi connectivity index (χ4n) is 0.830. The molecule has 0 aliphatic rings.